The number of hydrogen-bond acceptors (Lipinski definition) is 4. The zero-order chi connectivity index (χ0) is 12.6. The maximum Gasteiger partial charge on any atom is 0.220 e. The first-order chi connectivity index (χ1) is 8.84. The molecule has 0 radical (unpaired) electrons. The summed E-state index contributed by atoms with van der Waals surface area (Å²) in [6, 6.07) is 0.528. The van der Waals surface area contributed by atoms with E-state index in [4.69, 9.17) is 0 Å². The third-order valence-electron chi connectivity index (χ3n) is 3.27. The van der Waals surface area contributed by atoms with Crippen molar-refractivity contribution in [3.8, 4) is 0 Å². The molecule has 6 nitrogen and oxygen atoms in total. The van der Waals surface area contributed by atoms with Gasteiger partial charge in [0, 0.05) is 25.2 Å². The van der Waals surface area contributed by atoms with E-state index < -0.39 is 0 Å². The molecule has 1 fully saturated rings. The highest BCUT2D eigenvalue weighted by Gasteiger charge is 2.13. The molecule has 2 heterocycles. The summed E-state index contributed by atoms with van der Waals surface area (Å²) in [5, 5.41) is 13.9. The number of carbonyl (C=O) groups is 1. The van der Waals surface area contributed by atoms with E-state index in [-0.39, 0.29) is 5.91 Å². The van der Waals surface area contributed by atoms with E-state index in [9.17, 15) is 4.79 Å². The van der Waals surface area contributed by atoms with Crippen LogP contribution in [0.25, 0.3) is 0 Å². The first-order valence-corrected chi connectivity index (χ1v) is 6.69. The Hall–Kier alpha value is -1.43. The van der Waals surface area contributed by atoms with Crippen molar-refractivity contribution in [2.24, 2.45) is 0 Å². The van der Waals surface area contributed by atoms with Gasteiger partial charge in [-0.2, -0.15) is 0 Å². The summed E-state index contributed by atoms with van der Waals surface area (Å²) >= 11 is 0. The molecule has 1 aromatic heterocycles. The zero-order valence-corrected chi connectivity index (χ0v) is 10.6. The monoisotopic (exact) mass is 251 g/mol. The Kier molecular flexibility index (Phi) is 5.14. The van der Waals surface area contributed by atoms with Gasteiger partial charge >= 0.3 is 0 Å². The minimum atomic E-state index is 0.127. The zero-order valence-electron chi connectivity index (χ0n) is 10.6. The molecule has 0 spiro atoms. The third kappa shape index (κ3) is 4.44. The summed E-state index contributed by atoms with van der Waals surface area (Å²) in [7, 11) is 0. The molecule has 6 heteroatoms. The van der Waals surface area contributed by atoms with Crippen molar-refractivity contribution in [1.29, 1.82) is 0 Å². The van der Waals surface area contributed by atoms with Gasteiger partial charge in [0.1, 0.15) is 0 Å². The molecule has 1 saturated heterocycles. The largest absolute Gasteiger partial charge is 0.354 e. The lowest BCUT2D eigenvalue weighted by Gasteiger charge is -2.23. The number of nitrogens with zero attached hydrogens (tertiary/aromatic N) is 3. The molecular weight excluding hydrogens is 230 g/mol. The number of carbonyl (C=O) groups excluding carboxylic acids is 1. The lowest BCUT2D eigenvalue weighted by molar-refractivity contribution is -0.121. The van der Waals surface area contributed by atoms with E-state index >= 15 is 0 Å². The summed E-state index contributed by atoms with van der Waals surface area (Å²) < 4.78 is 1.71. The Morgan fingerprint density at radius 1 is 1.50 bits per heavy atom. The highest BCUT2D eigenvalue weighted by molar-refractivity contribution is 5.75. The smallest absolute Gasteiger partial charge is 0.220 e. The highest BCUT2D eigenvalue weighted by Crippen LogP contribution is 2.11. The molecule has 0 aromatic carbocycles. The predicted molar refractivity (Wildman–Crippen MR) is 67.9 cm³/mol. The van der Waals surface area contributed by atoms with E-state index in [1.807, 2.05) is 0 Å². The Morgan fingerprint density at radius 2 is 2.44 bits per heavy atom. The highest BCUT2D eigenvalue weighted by atomic mass is 16.1. The van der Waals surface area contributed by atoms with Gasteiger partial charge in [0.2, 0.25) is 5.91 Å². The van der Waals surface area contributed by atoms with Crippen LogP contribution in [-0.2, 0) is 11.3 Å². The van der Waals surface area contributed by atoms with Gasteiger partial charge < -0.3 is 10.6 Å². The number of rotatable bonds is 6. The Bertz CT molecular complexity index is 345. The van der Waals surface area contributed by atoms with Crippen LogP contribution in [0.15, 0.2) is 12.4 Å². The van der Waals surface area contributed by atoms with Crippen LogP contribution in [0.2, 0.25) is 0 Å². The molecule has 2 N–H and O–H groups in total. The molecule has 100 valence electrons. The van der Waals surface area contributed by atoms with Crippen LogP contribution >= 0.6 is 0 Å². The van der Waals surface area contributed by atoms with Crippen LogP contribution in [-0.4, -0.2) is 40.0 Å². The topological polar surface area (TPSA) is 71.8 Å². The van der Waals surface area contributed by atoms with Gasteiger partial charge in [0.15, 0.2) is 0 Å². The maximum absolute atomic E-state index is 11.6. The van der Waals surface area contributed by atoms with E-state index in [0.29, 0.717) is 25.6 Å². The first-order valence-electron chi connectivity index (χ1n) is 6.69. The predicted octanol–water partition coefficient (Wildman–Crippen LogP) is 0.317. The number of nitrogens with one attached hydrogen (secondary N) is 2. The summed E-state index contributed by atoms with van der Waals surface area (Å²) in [5.74, 6) is 0.127. The van der Waals surface area contributed by atoms with Crippen molar-refractivity contribution >= 4 is 5.91 Å². The fourth-order valence-electron chi connectivity index (χ4n) is 2.23. The number of aromatic nitrogens is 3. The van der Waals surface area contributed by atoms with Crippen LogP contribution in [0.3, 0.4) is 0 Å². The number of piperidine rings is 1. The SMILES string of the molecule is O=C(CCC1CCCCN1)NCCn1ccnn1. The van der Waals surface area contributed by atoms with E-state index in [1.165, 1.54) is 19.3 Å². The Balaban J connectivity index is 1.54. The van der Waals surface area contributed by atoms with Crippen LogP contribution < -0.4 is 10.6 Å². The maximum atomic E-state index is 11.6. The van der Waals surface area contributed by atoms with Gasteiger partial charge in [0.05, 0.1) is 12.7 Å². The van der Waals surface area contributed by atoms with Crippen molar-refractivity contribution in [3.63, 3.8) is 0 Å². The van der Waals surface area contributed by atoms with Crippen LogP contribution in [0.4, 0.5) is 0 Å². The second-order valence-electron chi connectivity index (χ2n) is 4.70. The molecule has 0 saturated carbocycles. The second-order valence-corrected chi connectivity index (χ2v) is 4.70. The molecular formula is C12H21N5O. The lowest BCUT2D eigenvalue weighted by atomic mass is 10.0. The second kappa shape index (κ2) is 7.10. The molecule has 1 unspecified atom stereocenters. The average molecular weight is 251 g/mol. The summed E-state index contributed by atoms with van der Waals surface area (Å²) in [4.78, 5) is 11.6. The van der Waals surface area contributed by atoms with Crippen molar-refractivity contribution < 1.29 is 4.79 Å². The van der Waals surface area contributed by atoms with Gasteiger partial charge in [-0.3, -0.25) is 9.48 Å². The van der Waals surface area contributed by atoms with Crippen molar-refractivity contribution in [2.75, 3.05) is 13.1 Å². The molecule has 1 aromatic rings. The standard InChI is InChI=1S/C12H21N5O/c18-12(5-4-11-3-1-2-6-13-11)14-7-9-17-10-8-15-16-17/h8,10-11,13H,1-7,9H2,(H,14,18). The molecule has 1 aliphatic rings. The molecule has 1 aliphatic heterocycles. The van der Waals surface area contributed by atoms with E-state index in [0.717, 1.165) is 13.0 Å². The molecule has 1 atom stereocenters. The molecule has 0 bridgehead atoms. The number of hydrogen-bond donors (Lipinski definition) is 2. The van der Waals surface area contributed by atoms with E-state index in [1.54, 1.807) is 17.1 Å². The number of amides is 1. The van der Waals surface area contributed by atoms with Gasteiger partial charge in [-0.1, -0.05) is 11.6 Å². The summed E-state index contributed by atoms with van der Waals surface area (Å²) in [6.07, 6.45) is 8.72. The first kappa shape index (κ1) is 13.0. The van der Waals surface area contributed by atoms with Gasteiger partial charge in [-0.25, -0.2) is 0 Å². The lowest BCUT2D eigenvalue weighted by Crippen LogP contribution is -2.35. The fraction of sp³-hybridized carbons (Fsp3) is 0.750. The average Bonchev–Trinajstić information content (AvgIpc) is 2.91. The molecule has 0 aliphatic carbocycles. The van der Waals surface area contributed by atoms with Crippen molar-refractivity contribution in [1.82, 2.24) is 25.6 Å². The summed E-state index contributed by atoms with van der Waals surface area (Å²) in [5.41, 5.74) is 0. The third-order valence-corrected chi connectivity index (χ3v) is 3.27. The Labute approximate surface area is 107 Å². The van der Waals surface area contributed by atoms with Crippen LogP contribution in [0.1, 0.15) is 32.1 Å². The summed E-state index contributed by atoms with van der Waals surface area (Å²) in [6.45, 7) is 2.38. The molecule has 18 heavy (non-hydrogen) atoms. The van der Waals surface area contributed by atoms with Crippen LogP contribution in [0.5, 0.6) is 0 Å². The van der Waals surface area contributed by atoms with Gasteiger partial charge in [0.25, 0.3) is 0 Å². The van der Waals surface area contributed by atoms with Crippen molar-refractivity contribution in [3.05, 3.63) is 12.4 Å². The normalized spacial score (nSPS) is 19.7. The van der Waals surface area contributed by atoms with E-state index in [2.05, 4.69) is 20.9 Å². The Morgan fingerprint density at radius 3 is 3.17 bits per heavy atom. The fourth-order valence-corrected chi connectivity index (χ4v) is 2.23. The van der Waals surface area contributed by atoms with Crippen molar-refractivity contribution in [2.45, 2.75) is 44.7 Å². The van der Waals surface area contributed by atoms with Gasteiger partial charge in [-0.05, 0) is 25.8 Å². The minimum Gasteiger partial charge on any atom is -0.354 e. The minimum absolute atomic E-state index is 0.127. The molecule has 2 rings (SSSR count). The quantitative estimate of drug-likeness (QED) is 0.763. The van der Waals surface area contributed by atoms with Crippen LogP contribution in [0, 0.1) is 0 Å². The van der Waals surface area contributed by atoms with Gasteiger partial charge in [-0.15, -0.1) is 5.10 Å². The molecule has 1 amide bonds.